The number of quaternary nitrogens is 1. The van der Waals surface area contributed by atoms with Crippen LogP contribution in [0.1, 0.15) is 41.0 Å². The van der Waals surface area contributed by atoms with Crippen LogP contribution in [0.15, 0.2) is 60.0 Å². The third-order valence-electron chi connectivity index (χ3n) is 4.98. The minimum absolute atomic E-state index is 0.00159. The molecule has 3 aromatic rings. The van der Waals surface area contributed by atoms with Crippen molar-refractivity contribution in [1.29, 1.82) is 0 Å². The van der Waals surface area contributed by atoms with Gasteiger partial charge in [-0.3, -0.25) is 14.9 Å². The molecule has 0 bridgehead atoms. The molecule has 7 heteroatoms. The Balaban J connectivity index is 1.74. The van der Waals surface area contributed by atoms with Crippen LogP contribution in [0.3, 0.4) is 0 Å². The van der Waals surface area contributed by atoms with E-state index in [0.717, 1.165) is 23.3 Å². The number of rotatable bonds is 9. The SMILES string of the molecule is CCCc1ccc([C@H]([NH2+]CC(=O)Nc2c(C)cccc2[N+](=O)[O-])c2cccs2)cc1. The van der Waals surface area contributed by atoms with Gasteiger partial charge in [-0.2, -0.15) is 0 Å². The van der Waals surface area contributed by atoms with E-state index < -0.39 is 4.92 Å². The van der Waals surface area contributed by atoms with Crippen molar-refractivity contribution in [3.05, 3.63) is 91.7 Å². The third-order valence-corrected chi connectivity index (χ3v) is 5.93. The predicted molar refractivity (Wildman–Crippen MR) is 120 cm³/mol. The van der Waals surface area contributed by atoms with Gasteiger partial charge >= 0.3 is 0 Å². The van der Waals surface area contributed by atoms with Gasteiger partial charge in [-0.15, -0.1) is 11.3 Å². The quantitative estimate of drug-likeness (QED) is 0.398. The molecule has 156 valence electrons. The summed E-state index contributed by atoms with van der Waals surface area (Å²) >= 11 is 1.65. The lowest BCUT2D eigenvalue weighted by Gasteiger charge is -2.16. The Morgan fingerprint density at radius 3 is 2.57 bits per heavy atom. The van der Waals surface area contributed by atoms with E-state index >= 15 is 0 Å². The topological polar surface area (TPSA) is 88.8 Å². The lowest BCUT2D eigenvalue weighted by atomic mass is 10.0. The van der Waals surface area contributed by atoms with Crippen LogP contribution in [-0.2, 0) is 11.2 Å². The first-order chi connectivity index (χ1) is 14.5. The minimum Gasteiger partial charge on any atom is -0.328 e. The summed E-state index contributed by atoms with van der Waals surface area (Å²) in [6.07, 6.45) is 2.15. The maximum Gasteiger partial charge on any atom is 0.293 e. The van der Waals surface area contributed by atoms with E-state index in [1.165, 1.54) is 11.6 Å². The summed E-state index contributed by atoms with van der Waals surface area (Å²) < 4.78 is 0. The molecule has 0 aliphatic heterocycles. The van der Waals surface area contributed by atoms with Gasteiger partial charge < -0.3 is 10.6 Å². The molecule has 6 nitrogen and oxygen atoms in total. The number of nitro benzene ring substituents is 1. The van der Waals surface area contributed by atoms with Crippen molar-refractivity contribution in [3.8, 4) is 0 Å². The fourth-order valence-electron chi connectivity index (χ4n) is 3.45. The highest BCUT2D eigenvalue weighted by Crippen LogP contribution is 2.27. The first-order valence-corrected chi connectivity index (χ1v) is 10.9. The van der Waals surface area contributed by atoms with Gasteiger partial charge in [-0.05, 0) is 35.9 Å². The normalized spacial score (nSPS) is 11.8. The fraction of sp³-hybridized carbons (Fsp3) is 0.261. The fourth-order valence-corrected chi connectivity index (χ4v) is 4.30. The lowest BCUT2D eigenvalue weighted by molar-refractivity contribution is -0.675. The van der Waals surface area contributed by atoms with Crippen LogP contribution in [0, 0.1) is 17.0 Å². The number of thiophene rings is 1. The molecule has 1 amide bonds. The zero-order chi connectivity index (χ0) is 21.5. The zero-order valence-electron chi connectivity index (χ0n) is 17.1. The van der Waals surface area contributed by atoms with Gasteiger partial charge in [-0.25, -0.2) is 0 Å². The Labute approximate surface area is 180 Å². The molecule has 2 aromatic carbocycles. The van der Waals surface area contributed by atoms with Crippen LogP contribution in [0.5, 0.6) is 0 Å². The number of nitrogens with zero attached hydrogens (tertiary/aromatic N) is 1. The minimum atomic E-state index is -0.474. The summed E-state index contributed by atoms with van der Waals surface area (Å²) in [5.41, 5.74) is 3.27. The van der Waals surface area contributed by atoms with Crippen molar-refractivity contribution in [1.82, 2.24) is 0 Å². The highest BCUT2D eigenvalue weighted by molar-refractivity contribution is 7.10. The Morgan fingerprint density at radius 1 is 1.17 bits per heavy atom. The molecular formula is C23H26N3O3S+. The van der Waals surface area contributed by atoms with Crippen molar-refractivity contribution in [2.24, 2.45) is 0 Å². The second kappa shape index (κ2) is 10.1. The molecule has 0 saturated carbocycles. The molecule has 3 rings (SSSR count). The number of anilines is 1. The van der Waals surface area contributed by atoms with Crippen LogP contribution in [0.4, 0.5) is 11.4 Å². The van der Waals surface area contributed by atoms with Gasteiger partial charge in [0.15, 0.2) is 6.54 Å². The van der Waals surface area contributed by atoms with Crippen LogP contribution >= 0.6 is 11.3 Å². The van der Waals surface area contributed by atoms with Crippen molar-refractivity contribution in [2.45, 2.75) is 32.7 Å². The number of hydrogen-bond donors (Lipinski definition) is 2. The number of nitrogens with two attached hydrogens (primary N) is 1. The van der Waals surface area contributed by atoms with Gasteiger partial charge in [0, 0.05) is 11.6 Å². The average Bonchev–Trinajstić information content (AvgIpc) is 3.25. The lowest BCUT2D eigenvalue weighted by Crippen LogP contribution is -2.87. The van der Waals surface area contributed by atoms with E-state index in [1.807, 2.05) is 16.8 Å². The third kappa shape index (κ3) is 5.31. The van der Waals surface area contributed by atoms with Gasteiger partial charge in [0.05, 0.1) is 9.80 Å². The van der Waals surface area contributed by atoms with Crippen LogP contribution in [0.2, 0.25) is 0 Å². The monoisotopic (exact) mass is 424 g/mol. The van der Waals surface area contributed by atoms with E-state index in [9.17, 15) is 14.9 Å². The summed E-state index contributed by atoms with van der Waals surface area (Å²) in [5.74, 6) is -0.267. The molecule has 1 atom stereocenters. The molecule has 0 radical (unpaired) electrons. The van der Waals surface area contributed by atoms with Crippen LogP contribution in [-0.4, -0.2) is 17.4 Å². The Kier molecular flexibility index (Phi) is 7.32. The number of aryl methyl sites for hydroxylation is 2. The van der Waals surface area contributed by atoms with E-state index in [2.05, 4.69) is 42.6 Å². The first kappa shape index (κ1) is 21.7. The molecule has 1 aromatic heterocycles. The molecule has 0 aliphatic carbocycles. The van der Waals surface area contributed by atoms with E-state index in [1.54, 1.807) is 30.4 Å². The number of benzene rings is 2. The molecule has 1 heterocycles. The molecule has 0 saturated heterocycles. The van der Waals surface area contributed by atoms with Crippen molar-refractivity contribution in [2.75, 3.05) is 11.9 Å². The Hall–Kier alpha value is -3.03. The van der Waals surface area contributed by atoms with E-state index in [0.29, 0.717) is 5.56 Å². The number of amides is 1. The number of para-hydroxylation sites is 1. The second-order valence-electron chi connectivity index (χ2n) is 7.20. The van der Waals surface area contributed by atoms with Crippen LogP contribution in [0.25, 0.3) is 0 Å². The average molecular weight is 425 g/mol. The molecule has 0 unspecified atom stereocenters. The highest BCUT2D eigenvalue weighted by atomic mass is 32.1. The van der Waals surface area contributed by atoms with E-state index in [4.69, 9.17) is 0 Å². The van der Waals surface area contributed by atoms with Gasteiger partial charge in [0.2, 0.25) is 0 Å². The summed E-state index contributed by atoms with van der Waals surface area (Å²) in [6, 6.07) is 17.4. The van der Waals surface area contributed by atoms with Crippen LogP contribution < -0.4 is 10.6 Å². The van der Waals surface area contributed by atoms with Crippen molar-refractivity contribution < 1.29 is 15.0 Å². The molecule has 30 heavy (non-hydrogen) atoms. The van der Waals surface area contributed by atoms with Gasteiger partial charge in [0.1, 0.15) is 11.7 Å². The molecule has 0 spiro atoms. The summed E-state index contributed by atoms with van der Waals surface area (Å²) in [6.45, 7) is 4.07. The number of carbonyl (C=O) groups excluding carboxylic acids is 1. The smallest absolute Gasteiger partial charge is 0.293 e. The number of carbonyl (C=O) groups is 1. The Morgan fingerprint density at radius 2 is 1.93 bits per heavy atom. The number of nitro groups is 1. The maximum atomic E-state index is 12.6. The number of hydrogen-bond acceptors (Lipinski definition) is 4. The zero-order valence-corrected chi connectivity index (χ0v) is 17.9. The largest absolute Gasteiger partial charge is 0.328 e. The summed E-state index contributed by atoms with van der Waals surface area (Å²) in [5, 5.41) is 18.0. The number of nitrogens with one attached hydrogen (secondary N) is 1. The molecular weight excluding hydrogens is 398 g/mol. The second-order valence-corrected chi connectivity index (χ2v) is 8.18. The summed E-state index contributed by atoms with van der Waals surface area (Å²) in [7, 11) is 0. The molecule has 0 fully saturated rings. The van der Waals surface area contributed by atoms with Crippen molar-refractivity contribution in [3.63, 3.8) is 0 Å². The molecule has 0 aliphatic rings. The standard InChI is InChI=1S/C23H25N3O3S/c1-3-6-17-10-12-18(13-11-17)23(20-9-5-14-30-20)24-15-21(27)25-22-16(2)7-4-8-19(22)26(28)29/h4-5,7-14,23-24H,3,6,15H2,1-2H3,(H,25,27)/p+1/t23-/m0/s1. The van der Waals surface area contributed by atoms with Crippen molar-refractivity contribution >= 4 is 28.6 Å². The molecule has 3 N–H and O–H groups in total. The van der Waals surface area contributed by atoms with Gasteiger partial charge in [-0.1, -0.05) is 55.8 Å². The predicted octanol–water partition coefficient (Wildman–Crippen LogP) is 4.21. The maximum absolute atomic E-state index is 12.6. The summed E-state index contributed by atoms with van der Waals surface area (Å²) in [4.78, 5) is 24.6. The van der Waals surface area contributed by atoms with E-state index in [-0.39, 0.29) is 29.9 Å². The Bertz CT molecular complexity index is 1000. The first-order valence-electron chi connectivity index (χ1n) is 9.99. The highest BCUT2D eigenvalue weighted by Gasteiger charge is 2.22. The van der Waals surface area contributed by atoms with Gasteiger partial charge in [0.25, 0.3) is 11.6 Å².